The van der Waals surface area contributed by atoms with E-state index in [1.165, 1.54) is 0 Å². The molecule has 0 saturated carbocycles. The van der Waals surface area contributed by atoms with Crippen molar-refractivity contribution in [2.75, 3.05) is 7.11 Å². The van der Waals surface area contributed by atoms with Gasteiger partial charge in [-0.1, -0.05) is 25.3 Å². The van der Waals surface area contributed by atoms with Gasteiger partial charge in [0.25, 0.3) is 0 Å². The van der Waals surface area contributed by atoms with Gasteiger partial charge in [-0.2, -0.15) is 0 Å². The van der Waals surface area contributed by atoms with Crippen LogP contribution in [0.2, 0.25) is 0 Å². The predicted molar refractivity (Wildman–Crippen MR) is 101 cm³/mol. The quantitative estimate of drug-likeness (QED) is 0.470. The molecule has 0 amide bonds. The Morgan fingerprint density at radius 3 is 2.42 bits per heavy atom. The van der Waals surface area contributed by atoms with Crippen molar-refractivity contribution >= 4 is 18.6 Å². The number of hydrogen-bond donors (Lipinski definition) is 0. The molecule has 1 aromatic heterocycles. The molecule has 5 heteroatoms. The molecule has 0 bridgehead atoms. The first kappa shape index (κ1) is 19.0. The smallest absolute Gasteiger partial charge is 0.344 e. The summed E-state index contributed by atoms with van der Waals surface area (Å²) in [5.41, 5.74) is 1.01. The van der Waals surface area contributed by atoms with E-state index in [2.05, 4.69) is 13.2 Å². The molecular weight excluding hydrogens is 332 g/mol. The summed E-state index contributed by atoms with van der Waals surface area (Å²) in [7, 11) is 1.57. The van der Waals surface area contributed by atoms with Crippen molar-refractivity contribution in [1.82, 2.24) is 0 Å². The number of esters is 1. The van der Waals surface area contributed by atoms with Crippen molar-refractivity contribution in [3.63, 3.8) is 0 Å². The summed E-state index contributed by atoms with van der Waals surface area (Å²) in [6, 6.07) is 8.67. The van der Waals surface area contributed by atoms with E-state index in [4.69, 9.17) is 13.9 Å². The fourth-order valence-corrected chi connectivity index (χ4v) is 2.13. The Labute approximate surface area is 151 Å². The summed E-state index contributed by atoms with van der Waals surface area (Å²) in [6.45, 7) is 10.6. The molecular formula is C21H20O5. The van der Waals surface area contributed by atoms with Crippen molar-refractivity contribution in [2.45, 2.75) is 13.8 Å². The molecule has 0 N–H and O–H groups in total. The number of benzene rings is 1. The zero-order chi connectivity index (χ0) is 19.3. The van der Waals surface area contributed by atoms with Gasteiger partial charge in [-0.05, 0) is 49.8 Å². The summed E-state index contributed by atoms with van der Waals surface area (Å²) >= 11 is 0. The van der Waals surface area contributed by atoms with Crippen LogP contribution < -0.4 is 21.0 Å². The third kappa shape index (κ3) is 4.39. The molecule has 0 saturated heterocycles. The minimum absolute atomic E-state index is 0.179. The first-order chi connectivity index (χ1) is 12.3. The van der Waals surface area contributed by atoms with E-state index in [9.17, 15) is 9.59 Å². The van der Waals surface area contributed by atoms with Crippen LogP contribution in [0.15, 0.2) is 63.5 Å². The normalized spacial score (nSPS) is 12.0. The minimum atomic E-state index is -0.535. The van der Waals surface area contributed by atoms with E-state index < -0.39 is 11.6 Å². The Kier molecular flexibility index (Phi) is 5.96. The molecule has 1 aromatic carbocycles. The van der Waals surface area contributed by atoms with Crippen LogP contribution in [-0.4, -0.2) is 13.1 Å². The van der Waals surface area contributed by atoms with Gasteiger partial charge in [0.1, 0.15) is 16.9 Å². The summed E-state index contributed by atoms with van der Waals surface area (Å²) in [4.78, 5) is 23.9. The fourth-order valence-electron chi connectivity index (χ4n) is 2.13. The molecule has 2 aromatic rings. The van der Waals surface area contributed by atoms with Crippen molar-refractivity contribution in [2.24, 2.45) is 0 Å². The lowest BCUT2D eigenvalue weighted by Gasteiger charge is -2.05. The summed E-state index contributed by atoms with van der Waals surface area (Å²) in [6.07, 6.45) is 3.21. The standard InChI is InChI=1S/C21H20O5/c1-6-17(26-20(22)13(2)3)11-16-12-19(21(23)25-14(16)4)15-7-9-18(24-5)10-8-15/h6-12H,2,4H2,1,3,5H3/b16-11-,17-6+. The Bertz CT molecular complexity index is 1020. The molecule has 0 fully saturated rings. The van der Waals surface area contributed by atoms with Crippen molar-refractivity contribution in [3.8, 4) is 16.9 Å². The highest BCUT2D eigenvalue weighted by Crippen LogP contribution is 2.18. The Morgan fingerprint density at radius 2 is 1.88 bits per heavy atom. The lowest BCUT2D eigenvalue weighted by molar-refractivity contribution is -0.134. The molecule has 0 atom stereocenters. The second kappa shape index (κ2) is 8.16. The predicted octanol–water partition coefficient (Wildman–Crippen LogP) is 2.53. The first-order valence-corrected chi connectivity index (χ1v) is 7.89. The molecule has 2 rings (SSSR count). The Morgan fingerprint density at radius 1 is 1.23 bits per heavy atom. The van der Waals surface area contributed by atoms with Crippen LogP contribution in [-0.2, 0) is 9.53 Å². The molecule has 134 valence electrons. The zero-order valence-corrected chi connectivity index (χ0v) is 15.0. The van der Waals surface area contributed by atoms with Gasteiger partial charge >= 0.3 is 11.6 Å². The number of ether oxygens (including phenoxy) is 2. The maximum absolute atomic E-state index is 12.2. The lowest BCUT2D eigenvalue weighted by Crippen LogP contribution is -2.29. The third-order valence-corrected chi connectivity index (χ3v) is 3.60. The highest BCUT2D eigenvalue weighted by atomic mass is 16.5. The van der Waals surface area contributed by atoms with E-state index in [-0.39, 0.29) is 11.0 Å². The molecule has 1 heterocycles. The maximum Gasteiger partial charge on any atom is 0.344 e. The van der Waals surface area contributed by atoms with Gasteiger partial charge in [0, 0.05) is 10.8 Å². The van der Waals surface area contributed by atoms with E-state index in [0.29, 0.717) is 27.9 Å². The highest BCUT2D eigenvalue weighted by molar-refractivity contribution is 5.88. The molecule has 0 aliphatic rings. The first-order valence-electron chi connectivity index (χ1n) is 7.89. The molecule has 0 aliphatic carbocycles. The van der Waals surface area contributed by atoms with Gasteiger partial charge in [0.05, 0.1) is 12.7 Å². The molecule has 0 aliphatic heterocycles. The van der Waals surface area contributed by atoms with E-state index in [1.807, 2.05) is 0 Å². The lowest BCUT2D eigenvalue weighted by atomic mass is 10.1. The van der Waals surface area contributed by atoms with Crippen LogP contribution in [0, 0.1) is 0 Å². The molecule has 0 radical (unpaired) electrons. The monoisotopic (exact) mass is 352 g/mol. The van der Waals surface area contributed by atoms with Crippen molar-refractivity contribution < 1.29 is 18.7 Å². The second-order valence-electron chi connectivity index (χ2n) is 5.56. The largest absolute Gasteiger partial charge is 0.497 e. The number of rotatable bonds is 5. The SMILES string of the molecule is C=C(C)C(=O)OC(/C=c1/cc(-c2ccc(OC)cc2)c(=O)oc1=C)=C/C. The summed E-state index contributed by atoms with van der Waals surface area (Å²) < 4.78 is 15.6. The number of allylic oxidation sites excluding steroid dienone is 2. The maximum atomic E-state index is 12.2. The summed E-state index contributed by atoms with van der Waals surface area (Å²) in [5.74, 6) is 0.451. The van der Waals surface area contributed by atoms with Crippen molar-refractivity contribution in [1.29, 1.82) is 0 Å². The van der Waals surface area contributed by atoms with Gasteiger partial charge < -0.3 is 13.9 Å². The van der Waals surface area contributed by atoms with Crippen LogP contribution in [0.1, 0.15) is 13.8 Å². The average Bonchev–Trinajstić information content (AvgIpc) is 2.63. The molecule has 0 spiro atoms. The van der Waals surface area contributed by atoms with Gasteiger partial charge in [-0.25, -0.2) is 9.59 Å². The van der Waals surface area contributed by atoms with E-state index in [0.717, 1.165) is 0 Å². The van der Waals surface area contributed by atoms with Gasteiger partial charge in [-0.15, -0.1) is 0 Å². The van der Waals surface area contributed by atoms with Crippen LogP contribution >= 0.6 is 0 Å². The van der Waals surface area contributed by atoms with Gasteiger partial charge in [0.2, 0.25) is 0 Å². The van der Waals surface area contributed by atoms with Crippen LogP contribution in [0.3, 0.4) is 0 Å². The Balaban J connectivity index is 2.52. The van der Waals surface area contributed by atoms with Crippen LogP contribution in [0.5, 0.6) is 5.75 Å². The van der Waals surface area contributed by atoms with Crippen molar-refractivity contribution in [3.05, 3.63) is 75.4 Å². The van der Waals surface area contributed by atoms with Gasteiger partial charge in [-0.3, -0.25) is 0 Å². The third-order valence-electron chi connectivity index (χ3n) is 3.60. The molecule has 0 unspecified atom stereocenters. The van der Waals surface area contributed by atoms with Crippen LogP contribution in [0.25, 0.3) is 23.8 Å². The topological polar surface area (TPSA) is 65.7 Å². The minimum Gasteiger partial charge on any atom is -0.497 e. The van der Waals surface area contributed by atoms with E-state index in [1.54, 1.807) is 63.4 Å². The molecule has 5 nitrogen and oxygen atoms in total. The Hall–Kier alpha value is -3.34. The average molecular weight is 352 g/mol. The zero-order valence-electron chi connectivity index (χ0n) is 15.0. The fraction of sp³-hybridized carbons (Fsp3) is 0.143. The number of carbonyl (C=O) groups is 1. The number of methoxy groups -OCH3 is 1. The number of hydrogen-bond acceptors (Lipinski definition) is 5. The second-order valence-corrected chi connectivity index (χ2v) is 5.56. The molecule has 26 heavy (non-hydrogen) atoms. The van der Waals surface area contributed by atoms with Crippen LogP contribution in [0.4, 0.5) is 0 Å². The number of carbonyl (C=O) groups excluding carboxylic acids is 1. The van der Waals surface area contributed by atoms with E-state index >= 15 is 0 Å². The summed E-state index contributed by atoms with van der Waals surface area (Å²) in [5, 5.41) is 0.526. The highest BCUT2D eigenvalue weighted by Gasteiger charge is 2.08. The van der Waals surface area contributed by atoms with Gasteiger partial charge in [0.15, 0.2) is 0 Å².